The van der Waals surface area contributed by atoms with Gasteiger partial charge in [-0.2, -0.15) is 0 Å². The van der Waals surface area contributed by atoms with Gasteiger partial charge in [-0.05, 0) is 92.4 Å². The van der Waals surface area contributed by atoms with Crippen molar-refractivity contribution < 1.29 is 56.8 Å². The third kappa shape index (κ3) is 18.1. The quantitative estimate of drug-likeness (QED) is 0.147. The Labute approximate surface area is 471 Å². The highest BCUT2D eigenvalue weighted by atomic mass is 32.2. The maximum Gasteiger partial charge on any atom is 0.147 e. The van der Waals surface area contributed by atoms with Crippen LogP contribution in [0.2, 0.25) is 0 Å². The summed E-state index contributed by atoms with van der Waals surface area (Å²) in [6, 6.07) is 18.4. The topological polar surface area (TPSA) is 111 Å². The normalized spacial score (nSPS) is 18.6. The van der Waals surface area contributed by atoms with Crippen LogP contribution >= 0.6 is 47.0 Å². The summed E-state index contributed by atoms with van der Waals surface area (Å²) < 4.78 is 76.0. The molecule has 0 aromatic heterocycles. The molecule has 0 amide bonds. The fourth-order valence-corrected chi connectivity index (χ4v) is 12.8. The SMILES string of the molecule is CC(C)(C)c1cc2c3c(c1)Sc1cc(C(C)(C)C)cc4c1OCCOCCOCCOCCOCCOc1c(cc(C(C)(C)C)cc1Sc1cc(C(C)(C)C)cc(c1OCCOCCOCCOCCOCCO3)S2)S4. The Hall–Kier alpha value is -2.84. The van der Waals surface area contributed by atoms with Crippen molar-refractivity contribution in [1.82, 2.24) is 0 Å². The van der Waals surface area contributed by atoms with E-state index >= 15 is 0 Å². The van der Waals surface area contributed by atoms with E-state index in [2.05, 4.69) is 132 Å². The molecule has 0 saturated carbocycles. The number of rotatable bonds is 0. The van der Waals surface area contributed by atoms with E-state index in [0.29, 0.717) is 132 Å². The minimum atomic E-state index is -0.222. The van der Waals surface area contributed by atoms with Gasteiger partial charge in [-0.25, -0.2) is 0 Å². The summed E-state index contributed by atoms with van der Waals surface area (Å²) in [5, 5.41) is 0. The van der Waals surface area contributed by atoms with Crippen molar-refractivity contribution in [1.29, 1.82) is 0 Å². The molecule has 16 heteroatoms. The number of hydrogen-bond donors (Lipinski definition) is 0. The van der Waals surface area contributed by atoms with E-state index in [1.807, 2.05) is 0 Å². The first-order valence-corrected chi connectivity index (χ1v) is 30.1. The van der Waals surface area contributed by atoms with Gasteiger partial charge >= 0.3 is 0 Å². The summed E-state index contributed by atoms with van der Waals surface area (Å²) in [4.78, 5) is 7.71. The smallest absolute Gasteiger partial charge is 0.147 e. The average Bonchev–Trinajstić information content (AvgIpc) is 3.34. The van der Waals surface area contributed by atoms with Gasteiger partial charge in [0.05, 0.1) is 145 Å². The van der Waals surface area contributed by atoms with Gasteiger partial charge in [0.2, 0.25) is 0 Å². The van der Waals surface area contributed by atoms with Crippen molar-refractivity contribution in [2.75, 3.05) is 132 Å². The zero-order valence-corrected chi connectivity index (χ0v) is 50.6. The molecule has 3 aliphatic heterocycles. The molecule has 4 aromatic rings. The van der Waals surface area contributed by atoms with Crippen LogP contribution in [-0.4, -0.2) is 132 Å². The van der Waals surface area contributed by atoms with Crippen molar-refractivity contribution in [2.45, 2.75) is 144 Å². The lowest BCUT2D eigenvalue weighted by atomic mass is 9.87. The van der Waals surface area contributed by atoms with Crippen molar-refractivity contribution in [3.63, 3.8) is 0 Å². The van der Waals surface area contributed by atoms with Crippen LogP contribution in [0.25, 0.3) is 0 Å². The van der Waals surface area contributed by atoms with Crippen molar-refractivity contribution in [3.8, 4) is 23.0 Å². The second-order valence-electron chi connectivity index (χ2n) is 22.9. The predicted molar refractivity (Wildman–Crippen MR) is 306 cm³/mol. The highest BCUT2D eigenvalue weighted by molar-refractivity contribution is 8.01. The summed E-state index contributed by atoms with van der Waals surface area (Å²) in [7, 11) is 0. The lowest BCUT2D eigenvalue weighted by molar-refractivity contribution is -0.00726. The van der Waals surface area contributed by atoms with E-state index < -0.39 is 0 Å². The monoisotopic (exact) mass is 1120 g/mol. The molecule has 76 heavy (non-hydrogen) atoms. The Balaban J connectivity index is 1.54. The maximum atomic E-state index is 7.05. The van der Waals surface area contributed by atoms with Gasteiger partial charge in [-0.3, -0.25) is 0 Å². The number of benzene rings is 4. The van der Waals surface area contributed by atoms with E-state index in [0.717, 1.165) is 62.2 Å². The second-order valence-corrected chi connectivity index (χ2v) is 27.2. The molecule has 0 saturated heterocycles. The van der Waals surface area contributed by atoms with Crippen LogP contribution in [0.15, 0.2) is 87.7 Å². The highest BCUT2D eigenvalue weighted by Crippen LogP contribution is 2.56. The van der Waals surface area contributed by atoms with Crippen LogP contribution in [-0.2, 0) is 59.6 Å². The molecule has 3 aliphatic rings. The maximum absolute atomic E-state index is 7.05. The van der Waals surface area contributed by atoms with Gasteiger partial charge in [0, 0.05) is 0 Å². The minimum Gasteiger partial charge on any atom is -0.489 e. The molecule has 0 N–H and O–H groups in total. The second kappa shape index (κ2) is 28.5. The first-order chi connectivity index (χ1) is 36.3. The van der Waals surface area contributed by atoms with Crippen molar-refractivity contribution >= 4 is 47.0 Å². The molecule has 4 aromatic carbocycles. The largest absolute Gasteiger partial charge is 0.489 e. The Bertz CT molecular complexity index is 2150. The van der Waals surface area contributed by atoms with E-state index in [-0.39, 0.29) is 21.7 Å². The standard InChI is InChI=1S/C60H84O12S4/c1-57(2,3)41-33-45-53-49(37-41)75-50-38-43(59(7,8)9)35-47-55(50)71-31-27-67-23-19-63-15-16-64-20-24-68-28-32-72-56-48(74-47)36-44(60(10,11)12)40-52(56)76-51-39-42(58(4,5)6)34-46(73-45)54(51)70-30-26-66-22-18-62-14-13-61-17-21-65-25-29-69-53/h33-40H,13-32H2,1-12H3. The van der Waals surface area contributed by atoms with Crippen LogP contribution in [0, 0.1) is 0 Å². The average molecular weight is 1130 g/mol. The molecule has 0 spiro atoms. The molecule has 0 aliphatic carbocycles. The molecule has 420 valence electrons. The fourth-order valence-electron chi connectivity index (χ4n) is 8.02. The summed E-state index contributed by atoms with van der Waals surface area (Å²) in [5.41, 5.74) is 3.78. The zero-order valence-electron chi connectivity index (χ0n) is 47.3. The Morgan fingerprint density at radius 1 is 0.224 bits per heavy atom. The van der Waals surface area contributed by atoms with Crippen LogP contribution in [0.5, 0.6) is 23.0 Å². The van der Waals surface area contributed by atoms with E-state index in [9.17, 15) is 0 Å². The molecule has 0 unspecified atom stereocenters. The molecular weight excluding hydrogens is 1040 g/mol. The number of hydrogen-bond acceptors (Lipinski definition) is 16. The molecule has 12 bridgehead atoms. The molecule has 0 fully saturated rings. The molecule has 3 heterocycles. The van der Waals surface area contributed by atoms with Crippen LogP contribution in [0.1, 0.15) is 105 Å². The van der Waals surface area contributed by atoms with E-state index in [1.165, 1.54) is 22.3 Å². The number of ether oxygens (including phenoxy) is 12. The molecular formula is C60H84O12S4. The van der Waals surface area contributed by atoms with Gasteiger partial charge in [0.25, 0.3) is 0 Å². The zero-order chi connectivity index (χ0) is 54.4. The van der Waals surface area contributed by atoms with Crippen LogP contribution in [0.4, 0.5) is 0 Å². The minimum absolute atomic E-state index is 0.222. The predicted octanol–water partition coefficient (Wildman–Crippen LogP) is 13.5. The van der Waals surface area contributed by atoms with Crippen molar-refractivity contribution in [3.05, 3.63) is 70.8 Å². The Morgan fingerprint density at radius 2 is 0.355 bits per heavy atom. The fraction of sp³-hybridized carbons (Fsp3) is 0.600. The first-order valence-electron chi connectivity index (χ1n) is 26.8. The van der Waals surface area contributed by atoms with Crippen molar-refractivity contribution in [2.24, 2.45) is 0 Å². The van der Waals surface area contributed by atoms with Gasteiger partial charge in [-0.15, -0.1) is 0 Å². The van der Waals surface area contributed by atoms with E-state index in [1.54, 1.807) is 47.0 Å². The van der Waals surface area contributed by atoms with Gasteiger partial charge in [-0.1, -0.05) is 130 Å². The lowest BCUT2D eigenvalue weighted by Gasteiger charge is -2.28. The lowest BCUT2D eigenvalue weighted by Crippen LogP contribution is -2.15. The van der Waals surface area contributed by atoms with Crippen LogP contribution < -0.4 is 18.9 Å². The third-order valence-corrected chi connectivity index (χ3v) is 16.7. The third-order valence-electron chi connectivity index (χ3n) is 12.6. The van der Waals surface area contributed by atoms with E-state index in [4.69, 9.17) is 56.8 Å². The van der Waals surface area contributed by atoms with Gasteiger partial charge < -0.3 is 56.8 Å². The summed E-state index contributed by atoms with van der Waals surface area (Å²) in [5.74, 6) is 3.05. The Kier molecular flexibility index (Phi) is 22.8. The molecule has 12 nitrogen and oxygen atoms in total. The summed E-state index contributed by atoms with van der Waals surface area (Å²) in [6.07, 6.45) is 0. The molecule has 0 radical (unpaired) electrons. The van der Waals surface area contributed by atoms with Crippen LogP contribution in [0.3, 0.4) is 0 Å². The molecule has 0 atom stereocenters. The molecule has 7 rings (SSSR count). The van der Waals surface area contributed by atoms with Gasteiger partial charge in [0.1, 0.15) is 49.4 Å². The highest BCUT2D eigenvalue weighted by Gasteiger charge is 2.31. The Morgan fingerprint density at radius 3 is 0.487 bits per heavy atom. The summed E-state index contributed by atoms with van der Waals surface area (Å²) in [6.45, 7) is 35.4. The first kappa shape index (κ1) is 60.8. The summed E-state index contributed by atoms with van der Waals surface area (Å²) >= 11 is 6.69. The van der Waals surface area contributed by atoms with Gasteiger partial charge in [0.15, 0.2) is 0 Å².